The summed E-state index contributed by atoms with van der Waals surface area (Å²) in [5.74, 6) is 5.69. The van der Waals surface area contributed by atoms with E-state index in [0.717, 1.165) is 3.79 Å². The summed E-state index contributed by atoms with van der Waals surface area (Å²) >= 11 is 5.15. The summed E-state index contributed by atoms with van der Waals surface area (Å²) in [6.07, 6.45) is 0. The van der Waals surface area contributed by atoms with Crippen molar-refractivity contribution in [2.24, 2.45) is 5.84 Å². The van der Waals surface area contributed by atoms with Crippen molar-refractivity contribution in [1.82, 2.24) is 5.43 Å². The van der Waals surface area contributed by atoms with Gasteiger partial charge in [-0.25, -0.2) is 5.43 Å². The molecule has 90 valence electrons. The van der Waals surface area contributed by atoms with Gasteiger partial charge < -0.3 is 0 Å². The summed E-state index contributed by atoms with van der Waals surface area (Å²) in [5, 5.41) is 2.12. The lowest BCUT2D eigenvalue weighted by molar-refractivity contribution is 0.638. The highest BCUT2D eigenvalue weighted by molar-refractivity contribution is 9.11. The molecular weight excluding hydrogens is 296 g/mol. The average Bonchev–Trinajstić information content (AvgIpc) is 2.64. The number of thiophene rings is 1. The van der Waals surface area contributed by atoms with Crippen LogP contribution in [0.25, 0.3) is 0 Å². The molecule has 1 aromatic carbocycles. The van der Waals surface area contributed by atoms with Crippen molar-refractivity contribution in [3.63, 3.8) is 0 Å². The Morgan fingerprint density at radius 2 is 1.76 bits per heavy atom. The maximum absolute atomic E-state index is 5.69. The fourth-order valence-corrected chi connectivity index (χ4v) is 3.24. The van der Waals surface area contributed by atoms with Gasteiger partial charge in [0, 0.05) is 0 Å². The highest BCUT2D eigenvalue weighted by Gasteiger charge is 2.14. The van der Waals surface area contributed by atoms with Crippen LogP contribution in [0.1, 0.15) is 28.3 Å². The van der Waals surface area contributed by atoms with Crippen LogP contribution in [-0.4, -0.2) is 0 Å². The summed E-state index contributed by atoms with van der Waals surface area (Å²) in [6.45, 7) is 4.21. The van der Waals surface area contributed by atoms with Crippen LogP contribution in [0.2, 0.25) is 0 Å². The number of rotatable bonds is 3. The minimum absolute atomic E-state index is 0.0520. The predicted molar refractivity (Wildman–Crippen MR) is 77.1 cm³/mol. The van der Waals surface area contributed by atoms with Gasteiger partial charge in [0.2, 0.25) is 0 Å². The lowest BCUT2D eigenvalue weighted by Gasteiger charge is -2.16. The molecule has 2 rings (SSSR count). The fourth-order valence-electron chi connectivity index (χ4n) is 2.04. The first-order valence-corrected chi connectivity index (χ1v) is 7.05. The van der Waals surface area contributed by atoms with E-state index in [2.05, 4.69) is 64.8 Å². The SMILES string of the molecule is Cc1cc(C)cc(C(NN)c2csc(Br)c2)c1. The minimum atomic E-state index is 0.0520. The molecule has 17 heavy (non-hydrogen) atoms. The number of hydrazine groups is 1. The molecule has 4 heteroatoms. The minimum Gasteiger partial charge on any atom is -0.271 e. The molecule has 0 fully saturated rings. The number of aryl methyl sites for hydroxylation is 2. The maximum Gasteiger partial charge on any atom is 0.0718 e. The van der Waals surface area contributed by atoms with Crippen LogP contribution in [0, 0.1) is 13.8 Å². The van der Waals surface area contributed by atoms with Crippen LogP contribution in [0.4, 0.5) is 0 Å². The van der Waals surface area contributed by atoms with Crippen LogP contribution < -0.4 is 11.3 Å². The zero-order chi connectivity index (χ0) is 12.4. The molecule has 1 heterocycles. The van der Waals surface area contributed by atoms with Crippen molar-refractivity contribution >= 4 is 27.3 Å². The summed E-state index contributed by atoms with van der Waals surface area (Å²) in [4.78, 5) is 0. The van der Waals surface area contributed by atoms with Crippen molar-refractivity contribution in [2.45, 2.75) is 19.9 Å². The molecule has 0 aliphatic heterocycles. The van der Waals surface area contributed by atoms with E-state index in [1.54, 1.807) is 11.3 Å². The van der Waals surface area contributed by atoms with E-state index in [1.165, 1.54) is 22.3 Å². The van der Waals surface area contributed by atoms with Crippen molar-refractivity contribution in [3.8, 4) is 0 Å². The Hall–Kier alpha value is -0.680. The lowest BCUT2D eigenvalue weighted by atomic mass is 9.98. The molecule has 0 saturated carbocycles. The zero-order valence-corrected chi connectivity index (χ0v) is 12.2. The van der Waals surface area contributed by atoms with E-state index < -0.39 is 0 Å². The van der Waals surface area contributed by atoms with Gasteiger partial charge in [0.05, 0.1) is 9.83 Å². The molecule has 1 aromatic heterocycles. The molecular formula is C13H15BrN2S. The van der Waals surface area contributed by atoms with Crippen LogP contribution >= 0.6 is 27.3 Å². The monoisotopic (exact) mass is 310 g/mol. The maximum atomic E-state index is 5.69. The molecule has 2 aromatic rings. The molecule has 1 unspecified atom stereocenters. The third kappa shape index (κ3) is 2.96. The van der Waals surface area contributed by atoms with Crippen molar-refractivity contribution in [1.29, 1.82) is 0 Å². The predicted octanol–water partition coefficient (Wildman–Crippen LogP) is 3.68. The summed E-state index contributed by atoms with van der Waals surface area (Å²) in [7, 11) is 0. The third-order valence-corrected chi connectivity index (χ3v) is 4.19. The number of benzene rings is 1. The van der Waals surface area contributed by atoms with Gasteiger partial charge in [0.1, 0.15) is 0 Å². The molecule has 3 N–H and O–H groups in total. The Labute approximate surface area is 114 Å². The molecule has 2 nitrogen and oxygen atoms in total. The van der Waals surface area contributed by atoms with Crippen LogP contribution in [-0.2, 0) is 0 Å². The molecule has 1 atom stereocenters. The Kier molecular flexibility index (Phi) is 3.99. The number of halogens is 1. The number of nitrogens with one attached hydrogen (secondary N) is 1. The Morgan fingerprint density at radius 1 is 1.12 bits per heavy atom. The van der Waals surface area contributed by atoms with Gasteiger partial charge in [-0.05, 0) is 52.4 Å². The summed E-state index contributed by atoms with van der Waals surface area (Å²) < 4.78 is 1.12. The summed E-state index contributed by atoms with van der Waals surface area (Å²) in [6, 6.07) is 8.66. The molecule has 0 saturated heterocycles. The van der Waals surface area contributed by atoms with E-state index in [-0.39, 0.29) is 6.04 Å². The van der Waals surface area contributed by atoms with Crippen molar-refractivity contribution in [2.75, 3.05) is 0 Å². The van der Waals surface area contributed by atoms with E-state index in [9.17, 15) is 0 Å². The quantitative estimate of drug-likeness (QED) is 0.670. The van der Waals surface area contributed by atoms with Gasteiger partial charge in [0.25, 0.3) is 0 Å². The normalized spacial score (nSPS) is 12.7. The third-order valence-electron chi connectivity index (χ3n) is 2.67. The van der Waals surface area contributed by atoms with Gasteiger partial charge >= 0.3 is 0 Å². The van der Waals surface area contributed by atoms with E-state index in [0.29, 0.717) is 0 Å². The van der Waals surface area contributed by atoms with Crippen molar-refractivity contribution in [3.05, 3.63) is 55.7 Å². The first-order chi connectivity index (χ1) is 8.10. The number of hydrogen-bond donors (Lipinski definition) is 2. The Bertz CT molecular complexity index is 502. The lowest BCUT2D eigenvalue weighted by Crippen LogP contribution is -2.28. The van der Waals surface area contributed by atoms with Crippen LogP contribution in [0.3, 0.4) is 0 Å². The van der Waals surface area contributed by atoms with Crippen LogP contribution in [0.5, 0.6) is 0 Å². The summed E-state index contributed by atoms with van der Waals surface area (Å²) in [5.41, 5.74) is 7.80. The topological polar surface area (TPSA) is 38.0 Å². The van der Waals surface area contributed by atoms with Gasteiger partial charge in [-0.2, -0.15) is 0 Å². The molecule has 0 aliphatic rings. The largest absolute Gasteiger partial charge is 0.271 e. The molecule has 0 aliphatic carbocycles. The van der Waals surface area contributed by atoms with Gasteiger partial charge in [-0.1, -0.05) is 29.3 Å². The fraction of sp³-hybridized carbons (Fsp3) is 0.231. The molecule has 0 bridgehead atoms. The van der Waals surface area contributed by atoms with E-state index in [1.807, 2.05) is 0 Å². The van der Waals surface area contributed by atoms with Gasteiger partial charge in [-0.3, -0.25) is 5.84 Å². The van der Waals surface area contributed by atoms with Gasteiger partial charge in [-0.15, -0.1) is 11.3 Å². The van der Waals surface area contributed by atoms with E-state index in [4.69, 9.17) is 5.84 Å². The highest BCUT2D eigenvalue weighted by atomic mass is 79.9. The molecule has 0 radical (unpaired) electrons. The van der Waals surface area contributed by atoms with Crippen LogP contribution in [0.15, 0.2) is 33.4 Å². The highest BCUT2D eigenvalue weighted by Crippen LogP contribution is 2.29. The first-order valence-electron chi connectivity index (χ1n) is 5.38. The second kappa shape index (κ2) is 5.31. The smallest absolute Gasteiger partial charge is 0.0718 e. The Morgan fingerprint density at radius 3 is 2.24 bits per heavy atom. The standard InChI is InChI=1S/C13H15BrN2S/c1-8-3-9(2)5-10(4-8)13(16-15)11-6-12(14)17-7-11/h3-7,13,16H,15H2,1-2H3. The van der Waals surface area contributed by atoms with Crippen molar-refractivity contribution < 1.29 is 0 Å². The first kappa shape index (κ1) is 12.8. The molecule has 0 spiro atoms. The second-order valence-electron chi connectivity index (χ2n) is 4.20. The molecule has 0 amide bonds. The number of nitrogens with two attached hydrogens (primary N) is 1. The Balaban J connectivity index is 2.41. The van der Waals surface area contributed by atoms with Gasteiger partial charge in [0.15, 0.2) is 0 Å². The van der Waals surface area contributed by atoms with E-state index >= 15 is 0 Å². The zero-order valence-electron chi connectivity index (χ0n) is 9.83. The number of hydrogen-bond acceptors (Lipinski definition) is 3. The second-order valence-corrected chi connectivity index (χ2v) is 6.50. The average molecular weight is 311 g/mol.